The fourth-order valence-corrected chi connectivity index (χ4v) is 4.25. The summed E-state index contributed by atoms with van der Waals surface area (Å²) in [6.45, 7) is 13.0. The van der Waals surface area contributed by atoms with Crippen molar-refractivity contribution in [2.75, 3.05) is 20.3 Å². The van der Waals surface area contributed by atoms with Crippen molar-refractivity contribution in [1.82, 2.24) is 14.8 Å². The second-order valence-electron chi connectivity index (χ2n) is 9.12. The number of fused-ring (bicyclic) bond motifs is 1. The highest BCUT2D eigenvalue weighted by Gasteiger charge is 2.37. The Kier molecular flexibility index (Phi) is 7.57. The molecule has 0 saturated heterocycles. The summed E-state index contributed by atoms with van der Waals surface area (Å²) in [5.74, 6) is 1.55. The van der Waals surface area contributed by atoms with Crippen molar-refractivity contribution < 1.29 is 13.9 Å². The second kappa shape index (κ2) is 9.81. The molecule has 0 aliphatic heterocycles. The molecule has 2 aromatic heterocycles. The quantitative estimate of drug-likeness (QED) is 0.259. The summed E-state index contributed by atoms with van der Waals surface area (Å²) in [6, 6.07) is 9.97. The maximum absolute atomic E-state index is 6.35. The molecule has 0 bridgehead atoms. The van der Waals surface area contributed by atoms with Gasteiger partial charge < -0.3 is 13.9 Å². The predicted molar refractivity (Wildman–Crippen MR) is 131 cm³/mol. The van der Waals surface area contributed by atoms with Crippen LogP contribution in [-0.4, -0.2) is 43.4 Å². The zero-order valence-electron chi connectivity index (χ0n) is 19.2. The summed E-state index contributed by atoms with van der Waals surface area (Å²) >= 11 is 3.60. The van der Waals surface area contributed by atoms with Crippen LogP contribution in [0.3, 0.4) is 0 Å². The van der Waals surface area contributed by atoms with E-state index in [2.05, 4.69) is 54.9 Å². The van der Waals surface area contributed by atoms with Gasteiger partial charge in [0.1, 0.15) is 5.75 Å². The van der Waals surface area contributed by atoms with Crippen molar-refractivity contribution in [2.45, 2.75) is 51.9 Å². The molecule has 2 heterocycles. The first-order valence-electron chi connectivity index (χ1n) is 10.5. The number of pyridine rings is 1. The van der Waals surface area contributed by atoms with E-state index in [0.717, 1.165) is 39.1 Å². The van der Waals surface area contributed by atoms with Crippen molar-refractivity contribution in [3.05, 3.63) is 46.7 Å². The standard InChI is InChI=1S/C23H32BrN3O3Si/c1-23(2,3)31(5,6)30-16-18-9-7-10-22(26-18)27-20-13-17(24)14-21(19(20)15-25-27)29-12-8-11-28-4/h7,9-10,13-15H,8,11-12,16H2,1-6H3. The third-order valence-corrected chi connectivity index (χ3v) is 10.7. The molecule has 0 N–H and O–H groups in total. The van der Waals surface area contributed by atoms with Crippen molar-refractivity contribution in [3.8, 4) is 11.6 Å². The molecule has 0 unspecified atom stereocenters. The average molecular weight is 507 g/mol. The van der Waals surface area contributed by atoms with Gasteiger partial charge in [-0.15, -0.1) is 0 Å². The minimum Gasteiger partial charge on any atom is -0.493 e. The van der Waals surface area contributed by atoms with Crippen molar-refractivity contribution >= 4 is 35.2 Å². The lowest BCUT2D eigenvalue weighted by atomic mass is 10.2. The normalized spacial score (nSPS) is 12.5. The molecule has 8 heteroatoms. The van der Waals surface area contributed by atoms with Crippen LogP contribution in [0.2, 0.25) is 18.1 Å². The molecule has 0 fully saturated rings. The van der Waals surface area contributed by atoms with Gasteiger partial charge in [0.05, 0.1) is 36.0 Å². The number of benzene rings is 1. The Labute approximate surface area is 194 Å². The van der Waals surface area contributed by atoms with Gasteiger partial charge >= 0.3 is 0 Å². The summed E-state index contributed by atoms with van der Waals surface area (Å²) in [4.78, 5) is 4.82. The second-order valence-corrected chi connectivity index (χ2v) is 14.8. The first kappa shape index (κ1) is 23.9. The zero-order chi connectivity index (χ0) is 22.6. The zero-order valence-corrected chi connectivity index (χ0v) is 21.8. The van der Waals surface area contributed by atoms with Gasteiger partial charge in [0.2, 0.25) is 0 Å². The van der Waals surface area contributed by atoms with Gasteiger partial charge in [-0.2, -0.15) is 5.10 Å². The van der Waals surface area contributed by atoms with Crippen LogP contribution >= 0.6 is 15.9 Å². The molecule has 0 spiro atoms. The number of rotatable bonds is 9. The molecule has 0 saturated carbocycles. The topological polar surface area (TPSA) is 58.4 Å². The van der Waals surface area contributed by atoms with Gasteiger partial charge in [-0.3, -0.25) is 0 Å². The van der Waals surface area contributed by atoms with Gasteiger partial charge in [0, 0.05) is 24.6 Å². The van der Waals surface area contributed by atoms with E-state index in [1.54, 1.807) is 7.11 Å². The van der Waals surface area contributed by atoms with Crippen molar-refractivity contribution in [3.63, 3.8) is 0 Å². The molecule has 0 amide bonds. The monoisotopic (exact) mass is 505 g/mol. The van der Waals surface area contributed by atoms with Crippen LogP contribution in [0.5, 0.6) is 5.75 Å². The fourth-order valence-electron chi connectivity index (χ4n) is 2.89. The van der Waals surface area contributed by atoms with Crippen LogP contribution in [0.1, 0.15) is 32.9 Å². The fraction of sp³-hybridized carbons (Fsp3) is 0.478. The van der Waals surface area contributed by atoms with Crippen LogP contribution in [0.4, 0.5) is 0 Å². The smallest absolute Gasteiger partial charge is 0.192 e. The van der Waals surface area contributed by atoms with Gasteiger partial charge in [0.25, 0.3) is 0 Å². The predicted octanol–water partition coefficient (Wildman–Crippen LogP) is 6.12. The number of ether oxygens (including phenoxy) is 2. The Morgan fingerprint density at radius 1 is 1.13 bits per heavy atom. The van der Waals surface area contributed by atoms with Crippen LogP contribution in [0, 0.1) is 0 Å². The van der Waals surface area contributed by atoms with E-state index < -0.39 is 8.32 Å². The highest BCUT2D eigenvalue weighted by molar-refractivity contribution is 9.10. The van der Waals surface area contributed by atoms with Crippen LogP contribution in [0.15, 0.2) is 41.0 Å². The van der Waals surface area contributed by atoms with Crippen LogP contribution in [0.25, 0.3) is 16.7 Å². The van der Waals surface area contributed by atoms with Crippen molar-refractivity contribution in [1.29, 1.82) is 0 Å². The summed E-state index contributed by atoms with van der Waals surface area (Å²) in [7, 11) is -0.149. The summed E-state index contributed by atoms with van der Waals surface area (Å²) in [5, 5.41) is 5.71. The SMILES string of the molecule is COCCCOc1cc(Br)cc2c1cnn2-c1cccc(CO[Si](C)(C)C(C)(C)C)n1. The molecular formula is C23H32BrN3O3Si. The Bertz CT molecular complexity index is 1030. The third-order valence-electron chi connectivity index (χ3n) is 5.76. The summed E-state index contributed by atoms with van der Waals surface area (Å²) < 4.78 is 20.2. The molecule has 0 aliphatic rings. The summed E-state index contributed by atoms with van der Waals surface area (Å²) in [6.07, 6.45) is 2.66. The van der Waals surface area contributed by atoms with Gasteiger partial charge in [-0.25, -0.2) is 9.67 Å². The highest BCUT2D eigenvalue weighted by Crippen LogP contribution is 2.37. The number of hydrogen-bond donors (Lipinski definition) is 0. The lowest BCUT2D eigenvalue weighted by Crippen LogP contribution is -2.40. The van der Waals surface area contributed by atoms with Gasteiger partial charge in [0.15, 0.2) is 14.1 Å². The molecule has 3 rings (SSSR count). The Morgan fingerprint density at radius 2 is 1.90 bits per heavy atom. The molecule has 6 nitrogen and oxygen atoms in total. The maximum Gasteiger partial charge on any atom is 0.192 e. The Morgan fingerprint density at radius 3 is 2.61 bits per heavy atom. The molecule has 0 atom stereocenters. The van der Waals surface area contributed by atoms with E-state index in [9.17, 15) is 0 Å². The minimum absolute atomic E-state index is 0.161. The number of aromatic nitrogens is 3. The Balaban J connectivity index is 1.85. The molecule has 31 heavy (non-hydrogen) atoms. The first-order valence-corrected chi connectivity index (χ1v) is 14.2. The van der Waals surface area contributed by atoms with E-state index in [0.29, 0.717) is 19.8 Å². The van der Waals surface area contributed by atoms with E-state index >= 15 is 0 Å². The van der Waals surface area contributed by atoms with Crippen LogP contribution in [-0.2, 0) is 15.8 Å². The van der Waals surface area contributed by atoms with Crippen LogP contribution < -0.4 is 4.74 Å². The number of methoxy groups -OCH3 is 1. The van der Waals surface area contributed by atoms with Gasteiger partial charge in [-0.1, -0.05) is 42.8 Å². The third kappa shape index (κ3) is 5.74. The van der Waals surface area contributed by atoms with Gasteiger partial charge in [-0.05, 0) is 42.4 Å². The first-order chi connectivity index (χ1) is 14.6. The van der Waals surface area contributed by atoms with E-state index in [1.807, 2.05) is 41.2 Å². The van der Waals surface area contributed by atoms with E-state index in [1.165, 1.54) is 0 Å². The molecule has 1 aromatic carbocycles. The maximum atomic E-state index is 6.35. The highest BCUT2D eigenvalue weighted by atomic mass is 79.9. The molecule has 0 radical (unpaired) electrons. The molecule has 168 valence electrons. The Hall–Kier alpha value is -1.74. The number of nitrogens with zero attached hydrogens (tertiary/aromatic N) is 3. The van der Waals surface area contributed by atoms with E-state index in [-0.39, 0.29) is 5.04 Å². The molecular weight excluding hydrogens is 474 g/mol. The molecule has 3 aromatic rings. The number of hydrogen-bond acceptors (Lipinski definition) is 5. The molecule has 0 aliphatic carbocycles. The average Bonchev–Trinajstić information content (AvgIpc) is 3.13. The van der Waals surface area contributed by atoms with E-state index in [4.69, 9.17) is 18.9 Å². The summed E-state index contributed by atoms with van der Waals surface area (Å²) in [5.41, 5.74) is 1.84. The number of halogens is 1. The van der Waals surface area contributed by atoms with Crippen molar-refractivity contribution in [2.24, 2.45) is 0 Å². The lowest BCUT2D eigenvalue weighted by molar-refractivity contribution is 0.172. The lowest BCUT2D eigenvalue weighted by Gasteiger charge is -2.36. The largest absolute Gasteiger partial charge is 0.493 e. The minimum atomic E-state index is -1.84.